The molecule has 0 rings (SSSR count). The van der Waals surface area contributed by atoms with E-state index in [1.54, 1.807) is 14.0 Å². The summed E-state index contributed by atoms with van der Waals surface area (Å²) in [6.45, 7) is 6.17. The van der Waals surface area contributed by atoms with Gasteiger partial charge in [0.15, 0.2) is 0 Å². The van der Waals surface area contributed by atoms with Crippen molar-refractivity contribution in [1.82, 2.24) is 15.5 Å². The van der Waals surface area contributed by atoms with Crippen molar-refractivity contribution >= 4 is 17.9 Å². The predicted molar refractivity (Wildman–Crippen MR) is 75.3 cm³/mol. The zero-order valence-corrected chi connectivity index (χ0v) is 12.6. The zero-order chi connectivity index (χ0) is 15.7. The summed E-state index contributed by atoms with van der Waals surface area (Å²) in [6.07, 6.45) is 1.22. The molecular formula is C13H25N3O4. The lowest BCUT2D eigenvalue weighted by molar-refractivity contribution is -0.143. The fourth-order valence-corrected chi connectivity index (χ4v) is 1.70. The summed E-state index contributed by atoms with van der Waals surface area (Å²) >= 11 is 0. The van der Waals surface area contributed by atoms with Crippen LogP contribution in [0.4, 0.5) is 4.79 Å². The van der Waals surface area contributed by atoms with Crippen LogP contribution >= 0.6 is 0 Å². The second kappa shape index (κ2) is 9.30. The molecule has 3 N–H and O–H groups in total. The molecule has 3 amide bonds. The number of carboxylic acid groups (broad SMARTS) is 1. The number of urea groups is 1. The molecule has 0 saturated carbocycles. The molecule has 7 nitrogen and oxygen atoms in total. The van der Waals surface area contributed by atoms with Gasteiger partial charge in [-0.1, -0.05) is 20.8 Å². The molecular weight excluding hydrogens is 262 g/mol. The van der Waals surface area contributed by atoms with Crippen LogP contribution in [0, 0.1) is 5.92 Å². The van der Waals surface area contributed by atoms with Crippen molar-refractivity contribution in [2.45, 2.75) is 39.7 Å². The van der Waals surface area contributed by atoms with Crippen LogP contribution in [0.15, 0.2) is 0 Å². The number of likely N-dealkylation sites (N-methyl/N-ethyl adjacent to an activating group) is 1. The fourth-order valence-electron chi connectivity index (χ4n) is 1.70. The topological polar surface area (TPSA) is 98.7 Å². The van der Waals surface area contributed by atoms with Gasteiger partial charge in [-0.2, -0.15) is 0 Å². The number of hydrogen-bond acceptors (Lipinski definition) is 4. The number of hydrogen-bond donors (Lipinski definition) is 3. The van der Waals surface area contributed by atoms with Crippen LogP contribution in [0.25, 0.3) is 0 Å². The Bertz CT molecular complexity index is 345. The molecule has 0 aromatic carbocycles. The average molecular weight is 287 g/mol. The third kappa shape index (κ3) is 7.73. The minimum Gasteiger partial charge on any atom is -0.480 e. The Hall–Kier alpha value is -1.63. The maximum absolute atomic E-state index is 11.6. The maximum Gasteiger partial charge on any atom is 0.321 e. The normalized spacial score (nSPS) is 12.3. The third-order valence-electron chi connectivity index (χ3n) is 2.86. The van der Waals surface area contributed by atoms with Crippen molar-refractivity contribution < 1.29 is 19.5 Å². The van der Waals surface area contributed by atoms with Gasteiger partial charge in [-0.05, 0) is 25.8 Å². The monoisotopic (exact) mass is 287 g/mol. The smallest absolute Gasteiger partial charge is 0.321 e. The average Bonchev–Trinajstić information content (AvgIpc) is 2.27. The van der Waals surface area contributed by atoms with Crippen LogP contribution < -0.4 is 10.6 Å². The van der Waals surface area contributed by atoms with Gasteiger partial charge in [0.05, 0.1) is 6.54 Å². The molecule has 7 heteroatoms. The highest BCUT2D eigenvalue weighted by Gasteiger charge is 2.22. The van der Waals surface area contributed by atoms with Crippen LogP contribution in [0.1, 0.15) is 33.6 Å². The van der Waals surface area contributed by atoms with E-state index in [0.717, 1.165) is 6.42 Å². The molecule has 0 aliphatic heterocycles. The van der Waals surface area contributed by atoms with E-state index in [2.05, 4.69) is 10.6 Å². The Morgan fingerprint density at radius 2 is 1.85 bits per heavy atom. The van der Waals surface area contributed by atoms with Crippen molar-refractivity contribution in [2.24, 2.45) is 5.92 Å². The van der Waals surface area contributed by atoms with Gasteiger partial charge in [0.1, 0.15) is 6.04 Å². The van der Waals surface area contributed by atoms with E-state index in [1.807, 2.05) is 13.8 Å². The lowest BCUT2D eigenvalue weighted by Gasteiger charge is -2.22. The molecule has 0 spiro atoms. The minimum absolute atomic E-state index is 0.137. The summed E-state index contributed by atoms with van der Waals surface area (Å²) in [5.74, 6) is -1.03. The first-order valence-electron chi connectivity index (χ1n) is 6.78. The van der Waals surface area contributed by atoms with Crippen molar-refractivity contribution in [3.05, 3.63) is 0 Å². The molecule has 0 heterocycles. The quantitative estimate of drug-likeness (QED) is 0.609. The fraction of sp³-hybridized carbons (Fsp3) is 0.769. The van der Waals surface area contributed by atoms with E-state index in [1.165, 1.54) is 4.90 Å². The van der Waals surface area contributed by atoms with E-state index in [9.17, 15) is 14.4 Å². The number of nitrogens with zero attached hydrogens (tertiary/aromatic N) is 1. The maximum atomic E-state index is 11.6. The molecule has 0 aliphatic rings. The minimum atomic E-state index is -0.982. The van der Waals surface area contributed by atoms with Gasteiger partial charge in [0.2, 0.25) is 5.91 Å². The van der Waals surface area contributed by atoms with Gasteiger partial charge in [-0.15, -0.1) is 0 Å². The number of rotatable bonds is 8. The van der Waals surface area contributed by atoms with Crippen LogP contribution in [0.3, 0.4) is 0 Å². The number of amides is 3. The SMILES string of the molecule is CCC(C(=O)O)N(C)CC(=O)NC(=O)NCCC(C)C. The third-order valence-corrected chi connectivity index (χ3v) is 2.86. The number of nitrogens with one attached hydrogen (secondary N) is 2. The Balaban J connectivity index is 4.09. The lowest BCUT2D eigenvalue weighted by Crippen LogP contribution is -2.47. The van der Waals surface area contributed by atoms with Crippen molar-refractivity contribution in [3.8, 4) is 0 Å². The molecule has 1 atom stereocenters. The number of imide groups is 1. The van der Waals surface area contributed by atoms with Gasteiger partial charge in [-0.25, -0.2) is 4.79 Å². The van der Waals surface area contributed by atoms with Crippen LogP contribution in [-0.2, 0) is 9.59 Å². The summed E-state index contributed by atoms with van der Waals surface area (Å²) in [7, 11) is 1.54. The second-order valence-corrected chi connectivity index (χ2v) is 5.16. The number of carbonyl (C=O) groups is 3. The molecule has 0 radical (unpaired) electrons. The Morgan fingerprint density at radius 1 is 1.25 bits per heavy atom. The largest absolute Gasteiger partial charge is 0.480 e. The summed E-state index contributed by atoms with van der Waals surface area (Å²) in [6, 6.07) is -1.28. The van der Waals surface area contributed by atoms with Crippen LogP contribution in [-0.4, -0.2) is 54.1 Å². The van der Waals surface area contributed by atoms with Crippen molar-refractivity contribution in [1.29, 1.82) is 0 Å². The summed E-state index contributed by atoms with van der Waals surface area (Å²) in [5.41, 5.74) is 0. The molecule has 0 aliphatic carbocycles. The van der Waals surface area contributed by atoms with E-state index < -0.39 is 23.9 Å². The number of carboxylic acids is 1. The first-order chi connectivity index (χ1) is 9.27. The van der Waals surface area contributed by atoms with E-state index in [-0.39, 0.29) is 6.54 Å². The highest BCUT2D eigenvalue weighted by Crippen LogP contribution is 2.01. The van der Waals surface area contributed by atoms with E-state index in [0.29, 0.717) is 18.9 Å². The molecule has 1 unspecified atom stereocenters. The lowest BCUT2D eigenvalue weighted by atomic mass is 10.1. The molecule has 20 heavy (non-hydrogen) atoms. The molecule has 0 aromatic heterocycles. The number of aliphatic carboxylic acids is 1. The first kappa shape index (κ1) is 18.4. The van der Waals surface area contributed by atoms with Gasteiger partial charge in [-0.3, -0.25) is 19.8 Å². The van der Waals surface area contributed by atoms with Gasteiger partial charge < -0.3 is 10.4 Å². The van der Waals surface area contributed by atoms with Crippen LogP contribution in [0.2, 0.25) is 0 Å². The molecule has 116 valence electrons. The highest BCUT2D eigenvalue weighted by atomic mass is 16.4. The van der Waals surface area contributed by atoms with E-state index in [4.69, 9.17) is 5.11 Å². The molecule has 0 aromatic rings. The Morgan fingerprint density at radius 3 is 2.30 bits per heavy atom. The molecule has 0 fully saturated rings. The van der Waals surface area contributed by atoms with Crippen LogP contribution in [0.5, 0.6) is 0 Å². The van der Waals surface area contributed by atoms with Gasteiger partial charge in [0, 0.05) is 6.54 Å². The zero-order valence-electron chi connectivity index (χ0n) is 12.6. The highest BCUT2D eigenvalue weighted by molar-refractivity contribution is 5.95. The number of carbonyl (C=O) groups excluding carboxylic acids is 2. The second-order valence-electron chi connectivity index (χ2n) is 5.16. The standard InChI is InChI=1S/C13H25N3O4/c1-5-10(12(18)19)16(4)8-11(17)15-13(20)14-7-6-9(2)3/h9-10H,5-8H2,1-4H3,(H,18,19)(H2,14,15,17,20). The molecule has 0 saturated heterocycles. The molecule has 0 bridgehead atoms. The summed E-state index contributed by atoms with van der Waals surface area (Å²) < 4.78 is 0. The van der Waals surface area contributed by atoms with Crippen molar-refractivity contribution in [3.63, 3.8) is 0 Å². The summed E-state index contributed by atoms with van der Waals surface area (Å²) in [5, 5.41) is 13.7. The van der Waals surface area contributed by atoms with Gasteiger partial charge >= 0.3 is 12.0 Å². The van der Waals surface area contributed by atoms with Crippen molar-refractivity contribution in [2.75, 3.05) is 20.1 Å². The Kier molecular flexibility index (Phi) is 8.54. The van der Waals surface area contributed by atoms with Gasteiger partial charge in [0.25, 0.3) is 0 Å². The predicted octanol–water partition coefficient (Wildman–Crippen LogP) is 0.653. The first-order valence-corrected chi connectivity index (χ1v) is 6.78. The summed E-state index contributed by atoms with van der Waals surface area (Å²) in [4.78, 5) is 35.3. The Labute approximate surface area is 119 Å². The van der Waals surface area contributed by atoms with E-state index >= 15 is 0 Å².